The van der Waals surface area contributed by atoms with E-state index in [2.05, 4.69) is 11.9 Å². The first-order valence-corrected chi connectivity index (χ1v) is 4.36. The fourth-order valence-electron chi connectivity index (χ4n) is 2.19. The second-order valence-corrected chi connectivity index (χ2v) is 3.77. The predicted octanol–water partition coefficient (Wildman–Crippen LogP) is 1.33. The van der Waals surface area contributed by atoms with Gasteiger partial charge in [-0.05, 0) is 18.9 Å². The summed E-state index contributed by atoms with van der Waals surface area (Å²) in [7, 11) is 0. The number of halogens is 2. The molecular formula is C9H11F2NO. The molecule has 0 aromatic rings. The maximum absolute atomic E-state index is 12.7. The average Bonchev–Trinajstić information content (AvgIpc) is 2.54. The lowest BCUT2D eigenvalue weighted by Crippen LogP contribution is -2.33. The van der Waals surface area contributed by atoms with Gasteiger partial charge in [-0.1, -0.05) is 6.58 Å². The van der Waals surface area contributed by atoms with Gasteiger partial charge in [0.2, 0.25) is 5.91 Å². The lowest BCUT2D eigenvalue weighted by Gasteiger charge is -2.14. The van der Waals surface area contributed by atoms with Gasteiger partial charge in [0.05, 0.1) is 0 Å². The minimum atomic E-state index is -2.45. The number of hydrogen-bond donors (Lipinski definition) is 1. The van der Waals surface area contributed by atoms with Gasteiger partial charge in [0.1, 0.15) is 0 Å². The monoisotopic (exact) mass is 187 g/mol. The molecule has 72 valence electrons. The second-order valence-electron chi connectivity index (χ2n) is 3.77. The van der Waals surface area contributed by atoms with E-state index < -0.39 is 17.8 Å². The van der Waals surface area contributed by atoms with E-state index in [1.165, 1.54) is 6.08 Å². The van der Waals surface area contributed by atoms with Crippen LogP contribution in [0.3, 0.4) is 0 Å². The zero-order valence-electron chi connectivity index (χ0n) is 7.09. The average molecular weight is 187 g/mol. The Hall–Kier alpha value is -0.930. The third-order valence-electron chi connectivity index (χ3n) is 2.97. The van der Waals surface area contributed by atoms with Gasteiger partial charge < -0.3 is 5.32 Å². The van der Waals surface area contributed by atoms with Gasteiger partial charge in [0.15, 0.2) is 0 Å². The summed E-state index contributed by atoms with van der Waals surface area (Å²) >= 11 is 0. The lowest BCUT2D eigenvalue weighted by molar-refractivity contribution is -0.117. The van der Waals surface area contributed by atoms with Crippen molar-refractivity contribution in [1.29, 1.82) is 0 Å². The molecule has 0 aromatic carbocycles. The van der Waals surface area contributed by atoms with E-state index in [0.717, 1.165) is 0 Å². The second kappa shape index (κ2) is 2.53. The van der Waals surface area contributed by atoms with Gasteiger partial charge in [-0.2, -0.15) is 0 Å². The van der Waals surface area contributed by atoms with Crippen LogP contribution in [0.25, 0.3) is 0 Å². The Morgan fingerprint density at radius 1 is 1.46 bits per heavy atom. The van der Waals surface area contributed by atoms with Crippen molar-refractivity contribution in [3.05, 3.63) is 12.7 Å². The molecule has 0 heterocycles. The van der Waals surface area contributed by atoms with Crippen LogP contribution in [0.2, 0.25) is 0 Å². The highest BCUT2D eigenvalue weighted by molar-refractivity contribution is 5.87. The molecule has 2 unspecified atom stereocenters. The van der Waals surface area contributed by atoms with E-state index >= 15 is 0 Å². The number of carbonyl (C=O) groups is 1. The van der Waals surface area contributed by atoms with Crippen LogP contribution in [0.4, 0.5) is 8.78 Å². The zero-order chi connectivity index (χ0) is 9.64. The van der Waals surface area contributed by atoms with E-state index in [1.807, 2.05) is 0 Å². The van der Waals surface area contributed by atoms with Crippen LogP contribution in [0.15, 0.2) is 12.7 Å². The Morgan fingerprint density at radius 2 is 2.00 bits per heavy atom. The van der Waals surface area contributed by atoms with Crippen molar-refractivity contribution < 1.29 is 13.6 Å². The minimum Gasteiger partial charge on any atom is -0.350 e. The fraction of sp³-hybridized carbons (Fsp3) is 0.667. The van der Waals surface area contributed by atoms with Crippen LogP contribution < -0.4 is 5.32 Å². The molecule has 2 aliphatic carbocycles. The predicted molar refractivity (Wildman–Crippen MR) is 43.3 cm³/mol. The molecule has 0 aromatic heterocycles. The van der Waals surface area contributed by atoms with E-state index in [-0.39, 0.29) is 11.9 Å². The highest BCUT2D eigenvalue weighted by Crippen LogP contribution is 2.63. The van der Waals surface area contributed by atoms with Gasteiger partial charge in [-0.3, -0.25) is 4.79 Å². The Kier molecular flexibility index (Phi) is 1.68. The van der Waals surface area contributed by atoms with Crippen molar-refractivity contribution >= 4 is 5.91 Å². The zero-order valence-corrected chi connectivity index (χ0v) is 7.09. The highest BCUT2D eigenvalue weighted by atomic mass is 19.3. The van der Waals surface area contributed by atoms with Crippen molar-refractivity contribution in [3.63, 3.8) is 0 Å². The largest absolute Gasteiger partial charge is 0.350 e. The third-order valence-corrected chi connectivity index (χ3v) is 2.97. The first-order valence-electron chi connectivity index (χ1n) is 4.36. The fourth-order valence-corrected chi connectivity index (χ4v) is 2.19. The van der Waals surface area contributed by atoms with Crippen LogP contribution in [-0.4, -0.2) is 17.9 Å². The number of hydrogen-bond acceptors (Lipinski definition) is 1. The number of alkyl halides is 2. The summed E-state index contributed by atoms with van der Waals surface area (Å²) in [5.41, 5.74) is 0. The smallest absolute Gasteiger partial charge is 0.254 e. The molecule has 0 aliphatic heterocycles. The summed E-state index contributed by atoms with van der Waals surface area (Å²) in [5.74, 6) is -3.69. The molecule has 1 N–H and O–H groups in total. The molecule has 2 aliphatic rings. The summed E-state index contributed by atoms with van der Waals surface area (Å²) in [6.07, 6.45) is 2.00. The molecular weight excluding hydrogens is 176 g/mol. The minimum absolute atomic E-state index is 0.0693. The maximum Gasteiger partial charge on any atom is 0.254 e. The van der Waals surface area contributed by atoms with E-state index in [0.29, 0.717) is 12.8 Å². The van der Waals surface area contributed by atoms with Gasteiger partial charge in [-0.15, -0.1) is 0 Å². The van der Waals surface area contributed by atoms with Crippen LogP contribution in [-0.2, 0) is 4.79 Å². The SMILES string of the molecule is C=CC(=O)NC1CC2C(C1)C2(F)F. The van der Waals surface area contributed by atoms with Crippen molar-refractivity contribution in [2.24, 2.45) is 11.8 Å². The van der Waals surface area contributed by atoms with E-state index in [9.17, 15) is 13.6 Å². The molecule has 2 rings (SSSR count). The van der Waals surface area contributed by atoms with Gasteiger partial charge in [0, 0.05) is 17.9 Å². The Morgan fingerprint density at radius 3 is 2.46 bits per heavy atom. The van der Waals surface area contributed by atoms with E-state index in [4.69, 9.17) is 0 Å². The molecule has 2 saturated carbocycles. The summed E-state index contributed by atoms with van der Waals surface area (Å²) in [4.78, 5) is 10.8. The van der Waals surface area contributed by atoms with Gasteiger partial charge in [0.25, 0.3) is 5.92 Å². The molecule has 2 nitrogen and oxygen atoms in total. The molecule has 2 atom stereocenters. The van der Waals surface area contributed by atoms with Crippen molar-refractivity contribution in [2.75, 3.05) is 0 Å². The van der Waals surface area contributed by atoms with Crippen molar-refractivity contribution in [2.45, 2.75) is 24.8 Å². The molecule has 0 saturated heterocycles. The number of amides is 1. The van der Waals surface area contributed by atoms with Gasteiger partial charge >= 0.3 is 0 Å². The van der Waals surface area contributed by atoms with Crippen LogP contribution in [0, 0.1) is 11.8 Å². The lowest BCUT2D eigenvalue weighted by atomic mass is 10.1. The summed E-state index contributed by atoms with van der Waals surface area (Å²) in [6.45, 7) is 3.30. The summed E-state index contributed by atoms with van der Waals surface area (Å²) in [6, 6.07) is -0.0693. The highest BCUT2D eigenvalue weighted by Gasteiger charge is 2.71. The molecule has 2 fully saturated rings. The number of carbonyl (C=O) groups excluding carboxylic acids is 1. The maximum atomic E-state index is 12.7. The summed E-state index contributed by atoms with van der Waals surface area (Å²) in [5, 5.41) is 2.64. The molecule has 13 heavy (non-hydrogen) atoms. The Bertz CT molecular complexity index is 250. The molecule has 4 heteroatoms. The van der Waals surface area contributed by atoms with Crippen molar-refractivity contribution in [3.8, 4) is 0 Å². The normalized spacial score (nSPS) is 39.4. The topological polar surface area (TPSA) is 29.1 Å². The van der Waals surface area contributed by atoms with Crippen molar-refractivity contribution in [1.82, 2.24) is 5.32 Å². The number of rotatable bonds is 2. The number of fused-ring (bicyclic) bond motifs is 1. The first kappa shape index (κ1) is 8.66. The third kappa shape index (κ3) is 1.24. The van der Waals surface area contributed by atoms with Crippen LogP contribution >= 0.6 is 0 Å². The standard InChI is InChI=1S/C9H11F2NO/c1-2-8(13)12-5-3-6-7(4-5)9(6,10)11/h2,5-7H,1,3-4H2,(H,12,13). The van der Waals surface area contributed by atoms with Gasteiger partial charge in [-0.25, -0.2) is 8.78 Å². The summed E-state index contributed by atoms with van der Waals surface area (Å²) < 4.78 is 25.4. The van der Waals surface area contributed by atoms with E-state index in [1.54, 1.807) is 0 Å². The Balaban J connectivity index is 1.84. The van der Waals surface area contributed by atoms with Crippen LogP contribution in [0.1, 0.15) is 12.8 Å². The Labute approximate surface area is 75.0 Å². The van der Waals surface area contributed by atoms with Crippen LogP contribution in [0.5, 0.6) is 0 Å². The molecule has 0 radical (unpaired) electrons. The molecule has 0 spiro atoms. The first-order chi connectivity index (χ1) is 6.05. The quantitative estimate of drug-likeness (QED) is 0.649. The molecule has 1 amide bonds. The molecule has 0 bridgehead atoms. The number of nitrogens with one attached hydrogen (secondary N) is 1.